The molecule has 4 aromatic rings. The van der Waals surface area contributed by atoms with Crippen molar-refractivity contribution in [2.45, 2.75) is 32.7 Å². The van der Waals surface area contributed by atoms with Gasteiger partial charge in [0.05, 0.1) is 0 Å². The lowest BCUT2D eigenvalue weighted by Crippen LogP contribution is -2.23. The van der Waals surface area contributed by atoms with Gasteiger partial charge in [0.2, 0.25) is 0 Å². The quantitative estimate of drug-likeness (QED) is 0.299. The maximum absolute atomic E-state index is 6.24. The topological polar surface area (TPSA) is 52.0 Å². The van der Waals surface area contributed by atoms with E-state index in [1.165, 1.54) is 39.0 Å². The van der Waals surface area contributed by atoms with Gasteiger partial charge in [-0.15, -0.1) is 0 Å². The third-order valence-electron chi connectivity index (χ3n) is 6.49. The minimum Gasteiger partial charge on any atom is -0.399 e. The van der Waals surface area contributed by atoms with Crippen LogP contribution in [-0.2, 0) is 0 Å². The minimum atomic E-state index is 0.0925. The average Bonchev–Trinajstić information content (AvgIpc) is 2.95. The van der Waals surface area contributed by atoms with Crippen LogP contribution in [-0.4, -0.2) is 6.04 Å². The second-order valence-corrected chi connectivity index (χ2v) is 9.35. The molecule has 1 aliphatic rings. The summed E-state index contributed by atoms with van der Waals surface area (Å²) < 4.78 is 0. The fourth-order valence-electron chi connectivity index (χ4n) is 4.51. The summed E-state index contributed by atoms with van der Waals surface area (Å²) in [7, 11) is 0. The van der Waals surface area contributed by atoms with Crippen LogP contribution in [0.15, 0.2) is 127 Å². The standard InChI is InChI=1S/C18H17N.C17H19N/c19-18-12-11-16(14-7-3-1-4-8-14)13-17(18)15-9-5-2-6-10-15;1-3-6-17(18)16-10-5-9-15(12-16)14-8-4-7-13(2)11-14/h1-11,13,18H,12,19H2;4-12H,3,18H2,1-2H3/b;17-6-. The van der Waals surface area contributed by atoms with E-state index in [2.05, 4.69) is 129 Å². The molecule has 0 radical (unpaired) electrons. The van der Waals surface area contributed by atoms with E-state index >= 15 is 0 Å². The van der Waals surface area contributed by atoms with Crippen LogP contribution in [0.2, 0.25) is 0 Å². The molecular formula is C35H36N2. The van der Waals surface area contributed by atoms with Gasteiger partial charge in [-0.25, -0.2) is 0 Å². The Bertz CT molecular complexity index is 1400. The molecule has 0 bridgehead atoms. The van der Waals surface area contributed by atoms with Crippen molar-refractivity contribution in [2.24, 2.45) is 11.5 Å². The molecule has 0 saturated heterocycles. The van der Waals surface area contributed by atoms with Crippen molar-refractivity contribution in [3.05, 3.63) is 150 Å². The smallest absolute Gasteiger partial charge is 0.0347 e. The molecule has 1 unspecified atom stereocenters. The first-order chi connectivity index (χ1) is 18.0. The van der Waals surface area contributed by atoms with E-state index < -0.39 is 0 Å². The average molecular weight is 485 g/mol. The van der Waals surface area contributed by atoms with Gasteiger partial charge < -0.3 is 11.5 Å². The molecule has 0 fully saturated rings. The molecule has 0 amide bonds. The molecule has 0 aliphatic heterocycles. The fraction of sp³-hybridized carbons (Fsp3) is 0.143. The lowest BCUT2D eigenvalue weighted by Gasteiger charge is -2.21. The summed E-state index contributed by atoms with van der Waals surface area (Å²) in [5, 5.41) is 0. The Hall–Kier alpha value is -4.14. The highest BCUT2D eigenvalue weighted by Gasteiger charge is 2.16. The van der Waals surface area contributed by atoms with Gasteiger partial charge in [-0.2, -0.15) is 0 Å². The highest BCUT2D eigenvalue weighted by atomic mass is 14.6. The van der Waals surface area contributed by atoms with E-state index in [1.54, 1.807) is 0 Å². The summed E-state index contributed by atoms with van der Waals surface area (Å²) in [5.41, 5.74) is 22.9. The zero-order valence-corrected chi connectivity index (χ0v) is 21.8. The molecule has 1 aliphatic carbocycles. The number of benzene rings is 4. The van der Waals surface area contributed by atoms with Gasteiger partial charge in [0.15, 0.2) is 0 Å². The zero-order valence-electron chi connectivity index (χ0n) is 21.8. The largest absolute Gasteiger partial charge is 0.399 e. The van der Waals surface area contributed by atoms with E-state index in [-0.39, 0.29) is 6.04 Å². The van der Waals surface area contributed by atoms with E-state index in [1.807, 2.05) is 12.1 Å². The molecule has 2 nitrogen and oxygen atoms in total. The van der Waals surface area contributed by atoms with Gasteiger partial charge in [-0.3, -0.25) is 0 Å². The maximum Gasteiger partial charge on any atom is 0.0347 e. The van der Waals surface area contributed by atoms with Gasteiger partial charge >= 0.3 is 0 Å². The van der Waals surface area contributed by atoms with Crippen molar-refractivity contribution in [1.29, 1.82) is 0 Å². The lowest BCUT2D eigenvalue weighted by molar-refractivity contribution is 0.847. The van der Waals surface area contributed by atoms with Gasteiger partial charge in [-0.05, 0) is 70.9 Å². The highest BCUT2D eigenvalue weighted by molar-refractivity contribution is 5.87. The summed E-state index contributed by atoms with van der Waals surface area (Å²) in [4.78, 5) is 0. The maximum atomic E-state index is 6.24. The number of allylic oxidation sites excluding steroid dienone is 3. The molecule has 1 atom stereocenters. The van der Waals surface area contributed by atoms with Crippen molar-refractivity contribution in [2.75, 3.05) is 0 Å². The molecule has 5 rings (SSSR count). The molecule has 186 valence electrons. The normalized spacial score (nSPS) is 15.2. The van der Waals surface area contributed by atoms with Crippen LogP contribution in [0.3, 0.4) is 0 Å². The summed E-state index contributed by atoms with van der Waals surface area (Å²) in [6.07, 6.45) is 8.35. The molecule has 0 aromatic heterocycles. The second-order valence-electron chi connectivity index (χ2n) is 9.35. The van der Waals surface area contributed by atoms with E-state index in [0.29, 0.717) is 0 Å². The first-order valence-corrected chi connectivity index (χ1v) is 13.0. The first-order valence-electron chi connectivity index (χ1n) is 13.0. The first kappa shape index (κ1) is 25.9. The third kappa shape index (κ3) is 6.97. The van der Waals surface area contributed by atoms with Gasteiger partial charge in [0.1, 0.15) is 0 Å². The van der Waals surface area contributed by atoms with Crippen LogP contribution in [0.1, 0.15) is 42.0 Å². The molecule has 0 saturated carbocycles. The predicted molar refractivity (Wildman–Crippen MR) is 161 cm³/mol. The lowest BCUT2D eigenvalue weighted by atomic mass is 9.88. The summed E-state index contributed by atoms with van der Waals surface area (Å²) in [6, 6.07) is 37.9. The van der Waals surface area contributed by atoms with Crippen molar-refractivity contribution >= 4 is 16.8 Å². The monoisotopic (exact) mass is 484 g/mol. The van der Waals surface area contributed by atoms with Crippen molar-refractivity contribution in [3.63, 3.8) is 0 Å². The second kappa shape index (κ2) is 12.7. The zero-order chi connectivity index (χ0) is 26.0. The van der Waals surface area contributed by atoms with Crippen LogP contribution in [0.4, 0.5) is 0 Å². The Kier molecular flexibility index (Phi) is 8.91. The Morgan fingerprint density at radius 1 is 0.757 bits per heavy atom. The highest BCUT2D eigenvalue weighted by Crippen LogP contribution is 2.30. The van der Waals surface area contributed by atoms with E-state index in [4.69, 9.17) is 11.5 Å². The van der Waals surface area contributed by atoms with Crippen LogP contribution in [0.25, 0.3) is 28.0 Å². The van der Waals surface area contributed by atoms with Crippen LogP contribution in [0.5, 0.6) is 0 Å². The molecule has 4 N–H and O–H groups in total. The van der Waals surface area contributed by atoms with Crippen LogP contribution >= 0.6 is 0 Å². The van der Waals surface area contributed by atoms with Crippen molar-refractivity contribution < 1.29 is 0 Å². The van der Waals surface area contributed by atoms with Crippen molar-refractivity contribution in [3.8, 4) is 11.1 Å². The van der Waals surface area contributed by atoms with Gasteiger partial charge in [0.25, 0.3) is 0 Å². The molecular weight excluding hydrogens is 448 g/mol. The number of nitrogens with two attached hydrogens (primary N) is 2. The molecule has 2 heteroatoms. The van der Waals surface area contributed by atoms with E-state index in [0.717, 1.165) is 24.1 Å². The Morgan fingerprint density at radius 2 is 1.35 bits per heavy atom. The Morgan fingerprint density at radius 3 is 2.00 bits per heavy atom. The molecule has 0 heterocycles. The molecule has 37 heavy (non-hydrogen) atoms. The summed E-state index contributed by atoms with van der Waals surface area (Å²) in [6.45, 7) is 4.20. The van der Waals surface area contributed by atoms with Crippen molar-refractivity contribution in [1.82, 2.24) is 0 Å². The third-order valence-corrected chi connectivity index (χ3v) is 6.49. The number of rotatable bonds is 5. The fourth-order valence-corrected chi connectivity index (χ4v) is 4.51. The summed E-state index contributed by atoms with van der Waals surface area (Å²) >= 11 is 0. The van der Waals surface area contributed by atoms with Crippen LogP contribution < -0.4 is 11.5 Å². The molecule has 0 spiro atoms. The Labute approximate surface area is 221 Å². The number of hydrogen-bond donors (Lipinski definition) is 2. The van der Waals surface area contributed by atoms with Gasteiger partial charge in [-0.1, -0.05) is 128 Å². The predicted octanol–water partition coefficient (Wildman–Crippen LogP) is 8.26. The molecule has 4 aromatic carbocycles. The SMILES string of the molecule is CC/C=C(\N)c1cccc(-c2cccc(C)c2)c1.NC1CC=C(c2ccccc2)C=C1c1ccccc1. The van der Waals surface area contributed by atoms with E-state index in [9.17, 15) is 0 Å². The Balaban J connectivity index is 0.000000173. The number of aryl methyl sites for hydroxylation is 1. The number of hydrogen-bond acceptors (Lipinski definition) is 2. The minimum absolute atomic E-state index is 0.0925. The van der Waals surface area contributed by atoms with Crippen LogP contribution in [0, 0.1) is 6.92 Å². The van der Waals surface area contributed by atoms with Gasteiger partial charge in [0, 0.05) is 11.7 Å². The summed E-state index contributed by atoms with van der Waals surface area (Å²) in [5.74, 6) is 0.